The highest BCUT2D eigenvalue weighted by molar-refractivity contribution is 5.88. The third-order valence-electron chi connectivity index (χ3n) is 1.65. The van der Waals surface area contributed by atoms with Crippen molar-refractivity contribution in [2.75, 3.05) is 12.4 Å². The van der Waals surface area contributed by atoms with E-state index < -0.39 is 11.0 Å². The second kappa shape index (κ2) is 4.38. The Morgan fingerprint density at radius 3 is 2.40 bits per heavy atom. The number of benzene rings is 1. The molecule has 2 amide bonds. The first-order valence-electron chi connectivity index (χ1n) is 4.04. The second-order valence-corrected chi connectivity index (χ2v) is 2.85. The van der Waals surface area contributed by atoms with E-state index in [4.69, 9.17) is 5.84 Å². The Bertz CT molecular complexity index is 374. The number of anilines is 1. The van der Waals surface area contributed by atoms with Crippen molar-refractivity contribution >= 4 is 17.4 Å². The molecule has 3 N–H and O–H groups in total. The van der Waals surface area contributed by atoms with E-state index in [-0.39, 0.29) is 5.69 Å². The largest absolute Gasteiger partial charge is 0.335 e. The van der Waals surface area contributed by atoms with Crippen LogP contribution in [0.3, 0.4) is 0 Å². The number of non-ortho nitro benzene ring substituents is 1. The van der Waals surface area contributed by atoms with E-state index in [0.717, 1.165) is 5.01 Å². The van der Waals surface area contributed by atoms with Crippen molar-refractivity contribution in [3.63, 3.8) is 0 Å². The molecule has 0 aliphatic carbocycles. The summed E-state index contributed by atoms with van der Waals surface area (Å²) >= 11 is 0. The number of urea groups is 1. The van der Waals surface area contributed by atoms with E-state index in [1.807, 2.05) is 0 Å². The first-order valence-corrected chi connectivity index (χ1v) is 4.04. The fourth-order valence-electron chi connectivity index (χ4n) is 0.878. The number of carbonyl (C=O) groups is 1. The number of nitro groups is 1. The van der Waals surface area contributed by atoms with Gasteiger partial charge in [0.25, 0.3) is 5.69 Å². The van der Waals surface area contributed by atoms with E-state index >= 15 is 0 Å². The molecule has 0 fully saturated rings. The van der Waals surface area contributed by atoms with Crippen molar-refractivity contribution in [1.82, 2.24) is 5.01 Å². The molecule has 0 aliphatic heterocycles. The molecule has 0 unspecified atom stereocenters. The van der Waals surface area contributed by atoms with Crippen LogP contribution < -0.4 is 11.2 Å². The maximum absolute atomic E-state index is 11.1. The quantitative estimate of drug-likeness (QED) is 0.328. The summed E-state index contributed by atoms with van der Waals surface area (Å²) in [5.41, 5.74) is 0.414. The van der Waals surface area contributed by atoms with Gasteiger partial charge in [0, 0.05) is 24.9 Å². The van der Waals surface area contributed by atoms with Gasteiger partial charge in [-0.25, -0.2) is 10.6 Å². The monoisotopic (exact) mass is 210 g/mol. The molecule has 0 spiro atoms. The number of nitrogens with one attached hydrogen (secondary N) is 1. The Morgan fingerprint density at radius 1 is 1.47 bits per heavy atom. The van der Waals surface area contributed by atoms with Gasteiger partial charge in [-0.15, -0.1) is 0 Å². The minimum absolute atomic E-state index is 0.0332. The van der Waals surface area contributed by atoms with Crippen molar-refractivity contribution < 1.29 is 9.72 Å². The highest BCUT2D eigenvalue weighted by Crippen LogP contribution is 2.15. The van der Waals surface area contributed by atoms with Crippen LogP contribution in [0.25, 0.3) is 0 Å². The topological polar surface area (TPSA) is 102 Å². The normalized spacial score (nSPS) is 9.47. The second-order valence-electron chi connectivity index (χ2n) is 2.85. The van der Waals surface area contributed by atoms with Crippen LogP contribution in [0.5, 0.6) is 0 Å². The van der Waals surface area contributed by atoms with Crippen molar-refractivity contribution in [2.45, 2.75) is 0 Å². The van der Waals surface area contributed by atoms with Crippen LogP contribution in [-0.2, 0) is 0 Å². The average molecular weight is 210 g/mol. The smallest absolute Gasteiger partial charge is 0.307 e. The Kier molecular flexibility index (Phi) is 3.19. The molecule has 80 valence electrons. The number of hydrogen-bond donors (Lipinski definition) is 2. The summed E-state index contributed by atoms with van der Waals surface area (Å²) in [6.07, 6.45) is 0. The van der Waals surface area contributed by atoms with Gasteiger partial charge in [-0.3, -0.25) is 15.1 Å². The standard InChI is InChI=1S/C8H10N4O3/c1-11(9)8(13)10-6-2-4-7(5-3-6)12(14)15/h2-5H,9H2,1H3,(H,10,13). The van der Waals surface area contributed by atoms with Gasteiger partial charge >= 0.3 is 6.03 Å². The van der Waals surface area contributed by atoms with Gasteiger partial charge in [-0.2, -0.15) is 0 Å². The first-order chi connectivity index (χ1) is 7.00. The molecule has 0 aliphatic rings. The summed E-state index contributed by atoms with van der Waals surface area (Å²) in [6.45, 7) is 0. The van der Waals surface area contributed by atoms with Crippen LogP contribution in [0.2, 0.25) is 0 Å². The number of carbonyl (C=O) groups excluding carboxylic acids is 1. The molecule has 1 aromatic carbocycles. The predicted molar refractivity (Wildman–Crippen MR) is 54.1 cm³/mol. The zero-order chi connectivity index (χ0) is 11.4. The van der Waals surface area contributed by atoms with E-state index in [1.165, 1.54) is 31.3 Å². The van der Waals surface area contributed by atoms with E-state index in [1.54, 1.807) is 0 Å². The lowest BCUT2D eigenvalue weighted by atomic mass is 10.3. The van der Waals surface area contributed by atoms with Crippen LogP contribution in [-0.4, -0.2) is 23.0 Å². The fraction of sp³-hybridized carbons (Fsp3) is 0.125. The van der Waals surface area contributed by atoms with Gasteiger partial charge in [-0.05, 0) is 12.1 Å². The van der Waals surface area contributed by atoms with Gasteiger partial charge in [0.2, 0.25) is 0 Å². The van der Waals surface area contributed by atoms with E-state index in [0.29, 0.717) is 5.69 Å². The summed E-state index contributed by atoms with van der Waals surface area (Å²) in [6, 6.07) is 4.96. The number of nitrogens with two attached hydrogens (primary N) is 1. The molecule has 7 nitrogen and oxygen atoms in total. The molecule has 0 saturated carbocycles. The number of amides is 2. The lowest BCUT2D eigenvalue weighted by Crippen LogP contribution is -2.36. The lowest BCUT2D eigenvalue weighted by Gasteiger charge is -2.10. The molecular formula is C8H10N4O3. The van der Waals surface area contributed by atoms with Crippen molar-refractivity contribution in [3.8, 4) is 0 Å². The third kappa shape index (κ3) is 2.92. The fourth-order valence-corrected chi connectivity index (χ4v) is 0.878. The summed E-state index contributed by atoms with van der Waals surface area (Å²) < 4.78 is 0. The number of hydrazine groups is 1. The Labute approximate surface area is 85.6 Å². The third-order valence-corrected chi connectivity index (χ3v) is 1.65. The molecule has 0 atom stereocenters. The highest BCUT2D eigenvalue weighted by Gasteiger charge is 2.07. The van der Waals surface area contributed by atoms with Gasteiger partial charge in [0.1, 0.15) is 0 Å². The zero-order valence-corrected chi connectivity index (χ0v) is 8.01. The Hall–Kier alpha value is -2.15. The predicted octanol–water partition coefficient (Wildman–Crippen LogP) is 0.932. The molecule has 0 aromatic heterocycles. The summed E-state index contributed by atoms with van der Waals surface area (Å²) in [5, 5.41) is 13.7. The number of nitro benzene ring substituents is 1. The molecule has 0 saturated heterocycles. The van der Waals surface area contributed by atoms with Crippen LogP contribution in [0.1, 0.15) is 0 Å². The Balaban J connectivity index is 2.73. The van der Waals surface area contributed by atoms with Gasteiger partial charge in [0.15, 0.2) is 0 Å². The van der Waals surface area contributed by atoms with Crippen LogP contribution in [0.15, 0.2) is 24.3 Å². The highest BCUT2D eigenvalue weighted by atomic mass is 16.6. The van der Waals surface area contributed by atoms with Crippen molar-refractivity contribution in [3.05, 3.63) is 34.4 Å². The summed E-state index contributed by atoms with van der Waals surface area (Å²) in [4.78, 5) is 20.9. The number of nitrogens with zero attached hydrogens (tertiary/aromatic N) is 2. The maximum atomic E-state index is 11.1. The summed E-state index contributed by atoms with van der Waals surface area (Å²) in [7, 11) is 1.39. The van der Waals surface area contributed by atoms with Gasteiger partial charge in [-0.1, -0.05) is 0 Å². The van der Waals surface area contributed by atoms with Crippen molar-refractivity contribution in [1.29, 1.82) is 0 Å². The molecule has 0 radical (unpaired) electrons. The molecule has 15 heavy (non-hydrogen) atoms. The molecule has 1 rings (SSSR count). The van der Waals surface area contributed by atoms with E-state index in [9.17, 15) is 14.9 Å². The molecule has 0 heterocycles. The van der Waals surface area contributed by atoms with Gasteiger partial charge in [0.05, 0.1) is 4.92 Å². The molecule has 0 bridgehead atoms. The molecule has 1 aromatic rings. The first kappa shape index (κ1) is 10.9. The van der Waals surface area contributed by atoms with Crippen LogP contribution >= 0.6 is 0 Å². The van der Waals surface area contributed by atoms with Crippen LogP contribution in [0, 0.1) is 10.1 Å². The lowest BCUT2D eigenvalue weighted by molar-refractivity contribution is -0.384. The minimum atomic E-state index is -0.513. The Morgan fingerprint density at radius 2 is 2.00 bits per heavy atom. The van der Waals surface area contributed by atoms with Gasteiger partial charge < -0.3 is 5.32 Å². The average Bonchev–Trinajstić information content (AvgIpc) is 2.18. The number of hydrogen-bond acceptors (Lipinski definition) is 4. The van der Waals surface area contributed by atoms with Crippen LogP contribution in [0.4, 0.5) is 16.2 Å². The van der Waals surface area contributed by atoms with Crippen molar-refractivity contribution in [2.24, 2.45) is 5.84 Å². The molecular weight excluding hydrogens is 200 g/mol. The summed E-state index contributed by atoms with van der Waals surface area (Å²) in [5.74, 6) is 5.17. The SMILES string of the molecule is CN(N)C(=O)Nc1ccc([N+](=O)[O-])cc1. The number of rotatable bonds is 2. The van der Waals surface area contributed by atoms with E-state index in [2.05, 4.69) is 5.32 Å². The minimum Gasteiger partial charge on any atom is -0.307 e. The maximum Gasteiger partial charge on any atom is 0.335 e. The zero-order valence-electron chi connectivity index (χ0n) is 8.01. The molecule has 7 heteroatoms.